The maximum absolute atomic E-state index is 13.3. The number of benzene rings is 1. The number of nitrogens with zero attached hydrogens (tertiary/aromatic N) is 2. The fourth-order valence-corrected chi connectivity index (χ4v) is 2.30. The largest absolute Gasteiger partial charge is 0.466 e. The summed E-state index contributed by atoms with van der Waals surface area (Å²) in [6, 6.07) is 5.80. The van der Waals surface area contributed by atoms with E-state index >= 15 is 0 Å². The number of hydrogen-bond acceptors (Lipinski definition) is 6. The Kier molecular flexibility index (Phi) is 7.55. The van der Waals surface area contributed by atoms with Gasteiger partial charge in [-0.05, 0) is 31.0 Å². The van der Waals surface area contributed by atoms with Gasteiger partial charge in [-0.1, -0.05) is 12.1 Å². The van der Waals surface area contributed by atoms with Gasteiger partial charge >= 0.3 is 5.97 Å². The molecule has 0 fully saturated rings. The third kappa shape index (κ3) is 6.11. The van der Waals surface area contributed by atoms with E-state index < -0.39 is 17.8 Å². The van der Waals surface area contributed by atoms with Crippen molar-refractivity contribution >= 4 is 17.8 Å². The highest BCUT2D eigenvalue weighted by molar-refractivity contribution is 5.97. The van der Waals surface area contributed by atoms with Crippen molar-refractivity contribution in [1.29, 1.82) is 0 Å². The lowest BCUT2D eigenvalue weighted by Gasteiger charge is -2.08. The van der Waals surface area contributed by atoms with E-state index in [-0.39, 0.29) is 43.3 Å². The van der Waals surface area contributed by atoms with E-state index in [0.717, 1.165) is 11.9 Å². The third-order valence-corrected chi connectivity index (χ3v) is 3.73. The summed E-state index contributed by atoms with van der Waals surface area (Å²) in [4.78, 5) is 43.3. The zero-order chi connectivity index (χ0) is 20.5. The Labute approximate surface area is 161 Å². The molecule has 0 radical (unpaired) electrons. The van der Waals surface area contributed by atoms with Gasteiger partial charge in [0.2, 0.25) is 0 Å². The van der Waals surface area contributed by atoms with Crippen LogP contribution >= 0.6 is 0 Å². The van der Waals surface area contributed by atoms with Gasteiger partial charge in [-0.3, -0.25) is 14.4 Å². The van der Waals surface area contributed by atoms with Crippen molar-refractivity contribution in [2.75, 3.05) is 13.2 Å². The molecule has 0 atom stereocenters. The SMILES string of the molecule is CCOC(=O)CCNC(=O)c1cc(C(=O)NCc2ccc(F)c(C)c2)ncn1. The van der Waals surface area contributed by atoms with Crippen LogP contribution in [0.3, 0.4) is 0 Å². The molecule has 2 aromatic rings. The van der Waals surface area contributed by atoms with Gasteiger partial charge in [0.25, 0.3) is 11.8 Å². The fraction of sp³-hybridized carbons (Fsp3) is 0.316. The van der Waals surface area contributed by atoms with E-state index in [1.54, 1.807) is 26.0 Å². The molecule has 0 saturated carbocycles. The third-order valence-electron chi connectivity index (χ3n) is 3.73. The summed E-state index contributed by atoms with van der Waals surface area (Å²) < 4.78 is 18.1. The Morgan fingerprint density at radius 2 is 1.75 bits per heavy atom. The molecule has 0 bridgehead atoms. The molecule has 0 spiro atoms. The average molecular weight is 388 g/mol. The summed E-state index contributed by atoms with van der Waals surface area (Å²) in [5.41, 5.74) is 1.24. The second-order valence-electron chi connectivity index (χ2n) is 5.87. The van der Waals surface area contributed by atoms with Crippen molar-refractivity contribution < 1.29 is 23.5 Å². The molecule has 0 aliphatic heterocycles. The molecule has 8 nitrogen and oxygen atoms in total. The van der Waals surface area contributed by atoms with E-state index in [2.05, 4.69) is 20.6 Å². The number of rotatable bonds is 8. The quantitative estimate of drug-likeness (QED) is 0.664. The first kappa shape index (κ1) is 20.9. The van der Waals surface area contributed by atoms with Gasteiger partial charge in [-0.25, -0.2) is 14.4 Å². The number of aromatic nitrogens is 2. The normalized spacial score (nSPS) is 10.2. The van der Waals surface area contributed by atoms with Crippen LogP contribution in [0.5, 0.6) is 0 Å². The molecule has 1 heterocycles. The monoisotopic (exact) mass is 388 g/mol. The lowest BCUT2D eigenvalue weighted by atomic mass is 10.1. The van der Waals surface area contributed by atoms with E-state index in [4.69, 9.17) is 4.74 Å². The highest BCUT2D eigenvalue weighted by atomic mass is 19.1. The number of ether oxygens (including phenoxy) is 1. The minimum absolute atomic E-state index is 0.00151. The van der Waals surface area contributed by atoms with Gasteiger partial charge < -0.3 is 15.4 Å². The number of nitrogens with one attached hydrogen (secondary N) is 2. The van der Waals surface area contributed by atoms with E-state index in [0.29, 0.717) is 5.56 Å². The first-order valence-corrected chi connectivity index (χ1v) is 8.69. The molecule has 0 unspecified atom stereocenters. The van der Waals surface area contributed by atoms with Crippen molar-refractivity contribution in [2.24, 2.45) is 0 Å². The molecular weight excluding hydrogens is 367 g/mol. The molecule has 2 amide bonds. The maximum Gasteiger partial charge on any atom is 0.307 e. The summed E-state index contributed by atoms with van der Waals surface area (Å²) in [5, 5.41) is 5.18. The molecule has 2 N–H and O–H groups in total. The molecule has 1 aromatic carbocycles. The fourth-order valence-electron chi connectivity index (χ4n) is 2.30. The Bertz CT molecular complexity index is 873. The molecule has 0 aliphatic rings. The molecule has 0 aliphatic carbocycles. The summed E-state index contributed by atoms with van der Waals surface area (Å²) in [6.07, 6.45) is 1.15. The Balaban J connectivity index is 1.91. The molecule has 9 heteroatoms. The second-order valence-corrected chi connectivity index (χ2v) is 5.87. The van der Waals surface area contributed by atoms with Crippen LogP contribution in [-0.4, -0.2) is 40.9 Å². The van der Waals surface area contributed by atoms with E-state index in [1.165, 1.54) is 12.1 Å². The highest BCUT2D eigenvalue weighted by Crippen LogP contribution is 2.09. The lowest BCUT2D eigenvalue weighted by molar-refractivity contribution is -0.142. The zero-order valence-electron chi connectivity index (χ0n) is 15.6. The van der Waals surface area contributed by atoms with E-state index in [1.807, 2.05) is 0 Å². The minimum Gasteiger partial charge on any atom is -0.466 e. The predicted octanol–water partition coefficient (Wildman–Crippen LogP) is 1.54. The number of esters is 1. The van der Waals surface area contributed by atoms with Crippen molar-refractivity contribution in [3.05, 3.63) is 58.9 Å². The molecule has 0 saturated heterocycles. The number of aryl methyl sites for hydroxylation is 1. The summed E-state index contributed by atoms with van der Waals surface area (Å²) >= 11 is 0. The highest BCUT2D eigenvalue weighted by Gasteiger charge is 2.13. The first-order chi connectivity index (χ1) is 13.4. The smallest absolute Gasteiger partial charge is 0.307 e. The van der Waals surface area contributed by atoms with Gasteiger partial charge in [0.1, 0.15) is 23.5 Å². The number of carbonyl (C=O) groups excluding carboxylic acids is 3. The summed E-state index contributed by atoms with van der Waals surface area (Å²) in [5.74, 6) is -1.76. The molecular formula is C19H21FN4O4. The summed E-state index contributed by atoms with van der Waals surface area (Å²) in [6.45, 7) is 3.88. The number of halogens is 1. The van der Waals surface area contributed by atoms with Crippen molar-refractivity contribution in [3.8, 4) is 0 Å². The molecule has 1 aromatic heterocycles. The predicted molar refractivity (Wildman–Crippen MR) is 97.9 cm³/mol. The summed E-state index contributed by atoms with van der Waals surface area (Å²) in [7, 11) is 0. The Hall–Kier alpha value is -3.36. The van der Waals surface area contributed by atoms with Gasteiger partial charge in [-0.2, -0.15) is 0 Å². The number of hydrogen-bond donors (Lipinski definition) is 2. The van der Waals surface area contributed by atoms with Crippen LogP contribution in [0.15, 0.2) is 30.6 Å². The second kappa shape index (κ2) is 10.1. The number of amides is 2. The minimum atomic E-state index is -0.532. The van der Waals surface area contributed by atoms with Crippen molar-refractivity contribution in [2.45, 2.75) is 26.8 Å². The van der Waals surface area contributed by atoms with E-state index in [9.17, 15) is 18.8 Å². The van der Waals surface area contributed by atoms with Gasteiger partial charge in [-0.15, -0.1) is 0 Å². The van der Waals surface area contributed by atoms with Crippen LogP contribution in [0.2, 0.25) is 0 Å². The Morgan fingerprint density at radius 3 is 2.39 bits per heavy atom. The van der Waals surface area contributed by atoms with Crippen LogP contribution in [0.4, 0.5) is 4.39 Å². The van der Waals surface area contributed by atoms with Crippen LogP contribution < -0.4 is 10.6 Å². The molecule has 148 valence electrons. The number of carbonyl (C=O) groups is 3. The average Bonchev–Trinajstić information content (AvgIpc) is 2.69. The van der Waals surface area contributed by atoms with Gasteiger partial charge in [0.05, 0.1) is 13.0 Å². The zero-order valence-corrected chi connectivity index (χ0v) is 15.6. The Morgan fingerprint density at radius 1 is 1.07 bits per heavy atom. The molecule has 28 heavy (non-hydrogen) atoms. The maximum atomic E-state index is 13.3. The van der Waals surface area contributed by atoms with Crippen LogP contribution in [-0.2, 0) is 16.1 Å². The lowest BCUT2D eigenvalue weighted by Crippen LogP contribution is -2.29. The molecule has 2 rings (SSSR count). The van der Waals surface area contributed by atoms with Crippen molar-refractivity contribution in [1.82, 2.24) is 20.6 Å². The van der Waals surface area contributed by atoms with Crippen molar-refractivity contribution in [3.63, 3.8) is 0 Å². The standard InChI is InChI=1S/C19H21FN4O4/c1-3-28-17(25)6-7-21-18(26)15-9-16(24-11-23-15)19(27)22-10-13-4-5-14(20)12(2)8-13/h4-5,8-9,11H,3,6-7,10H2,1-2H3,(H,21,26)(H,22,27). The first-order valence-electron chi connectivity index (χ1n) is 8.69. The van der Waals surface area contributed by atoms with Crippen LogP contribution in [0.1, 0.15) is 45.4 Å². The van der Waals surface area contributed by atoms with Crippen LogP contribution in [0, 0.1) is 12.7 Å². The van der Waals surface area contributed by atoms with Gasteiger partial charge in [0.15, 0.2) is 0 Å². The van der Waals surface area contributed by atoms with Gasteiger partial charge in [0, 0.05) is 19.2 Å². The van der Waals surface area contributed by atoms with Crippen LogP contribution in [0.25, 0.3) is 0 Å². The topological polar surface area (TPSA) is 110 Å².